The van der Waals surface area contributed by atoms with Crippen LogP contribution in [0.5, 0.6) is 0 Å². The van der Waals surface area contributed by atoms with Gasteiger partial charge in [0.15, 0.2) is 0 Å². The van der Waals surface area contributed by atoms with Gasteiger partial charge in [-0.1, -0.05) is 0 Å². The molecule has 1 atom stereocenters. The number of hydrogen-bond donors (Lipinski definition) is 1. The molecule has 0 bridgehead atoms. The third-order valence-corrected chi connectivity index (χ3v) is 4.55. The van der Waals surface area contributed by atoms with Gasteiger partial charge >= 0.3 is 6.09 Å². The summed E-state index contributed by atoms with van der Waals surface area (Å²) < 4.78 is 23.1. The van der Waals surface area contributed by atoms with Crippen molar-refractivity contribution in [1.29, 1.82) is 0 Å². The number of nitrogens with two attached hydrogens (primary N) is 1. The summed E-state index contributed by atoms with van der Waals surface area (Å²) in [5.41, 5.74) is 5.46. The van der Waals surface area contributed by atoms with E-state index >= 15 is 0 Å². The van der Waals surface area contributed by atoms with Crippen molar-refractivity contribution in [1.82, 2.24) is 4.31 Å². The van der Waals surface area contributed by atoms with E-state index in [-0.39, 0.29) is 0 Å². The van der Waals surface area contributed by atoms with E-state index in [0.29, 0.717) is 10.6 Å². The van der Waals surface area contributed by atoms with E-state index in [2.05, 4.69) is 4.36 Å². The van der Waals surface area contributed by atoms with Crippen molar-refractivity contribution in [2.45, 2.75) is 31.3 Å². The molecule has 0 aliphatic rings. The molecule has 0 fully saturated rings. The van der Waals surface area contributed by atoms with Crippen molar-refractivity contribution in [2.75, 3.05) is 19.8 Å². The minimum atomic E-state index is -3.04. The Balaban J connectivity index is 3.26. The normalized spacial score (nSPS) is 14.7. The molecule has 0 radical (unpaired) electrons. The summed E-state index contributed by atoms with van der Waals surface area (Å²) in [6.07, 6.45) is -0.854. The predicted molar refractivity (Wildman–Crippen MR) is 79.6 cm³/mol. The van der Waals surface area contributed by atoms with Gasteiger partial charge in [0.05, 0.1) is 4.90 Å². The molecule has 6 nitrogen and oxygen atoms in total. The molecular weight excluding hydrogens is 278 g/mol. The number of nitrogen functional groups attached to an aromatic ring is 1. The van der Waals surface area contributed by atoms with E-state index in [9.17, 15) is 9.00 Å². The molecule has 2 N–H and O–H groups in total. The molecule has 1 aromatic rings. The Bertz CT molecular complexity index is 594. The van der Waals surface area contributed by atoms with Crippen molar-refractivity contribution in [3.63, 3.8) is 0 Å². The highest BCUT2D eigenvalue weighted by molar-refractivity contribution is 7.91. The standard InChI is InChI=1S/C13H21N3O3S/c1-13(2,3)19-12(17)15-20(18,16(4)5)11-8-6-10(14)7-9-11/h6-9H,14H2,1-5H3. The third kappa shape index (κ3) is 4.21. The van der Waals surface area contributed by atoms with Gasteiger partial charge in [-0.15, -0.1) is 4.36 Å². The summed E-state index contributed by atoms with van der Waals surface area (Å²) in [4.78, 5) is 12.2. The van der Waals surface area contributed by atoms with Crippen LogP contribution in [0.3, 0.4) is 0 Å². The Kier molecular flexibility index (Phi) is 4.77. The molecule has 1 unspecified atom stereocenters. The highest BCUT2D eigenvalue weighted by Gasteiger charge is 2.22. The number of hydrogen-bond acceptors (Lipinski definition) is 4. The second-order valence-electron chi connectivity index (χ2n) is 5.45. The van der Waals surface area contributed by atoms with Gasteiger partial charge in [0, 0.05) is 19.8 Å². The smallest absolute Gasteiger partial charge is 0.442 e. The average molecular weight is 299 g/mol. The molecule has 0 aromatic heterocycles. The van der Waals surface area contributed by atoms with Gasteiger partial charge in [0.1, 0.15) is 15.5 Å². The van der Waals surface area contributed by atoms with Crippen molar-refractivity contribution < 1.29 is 13.7 Å². The van der Waals surface area contributed by atoms with E-state index in [4.69, 9.17) is 10.5 Å². The lowest BCUT2D eigenvalue weighted by atomic mass is 10.2. The first-order chi connectivity index (χ1) is 9.04. The number of anilines is 1. The number of benzene rings is 1. The molecule has 0 heterocycles. The van der Waals surface area contributed by atoms with Crippen LogP contribution in [0.15, 0.2) is 33.5 Å². The molecule has 0 saturated heterocycles. The topological polar surface area (TPSA) is 85.0 Å². The van der Waals surface area contributed by atoms with Gasteiger partial charge < -0.3 is 10.5 Å². The van der Waals surface area contributed by atoms with Crippen LogP contribution in [0.4, 0.5) is 10.5 Å². The summed E-state index contributed by atoms with van der Waals surface area (Å²) in [7, 11) is 0.135. The Morgan fingerprint density at radius 1 is 1.25 bits per heavy atom. The van der Waals surface area contributed by atoms with Gasteiger partial charge in [0.25, 0.3) is 0 Å². The first kappa shape index (κ1) is 16.5. The van der Waals surface area contributed by atoms with E-state index in [1.807, 2.05) is 0 Å². The first-order valence-electron chi connectivity index (χ1n) is 6.08. The average Bonchev–Trinajstić information content (AvgIpc) is 2.26. The summed E-state index contributed by atoms with van der Waals surface area (Å²) >= 11 is 0. The van der Waals surface area contributed by atoms with E-state index < -0.39 is 21.6 Å². The maximum Gasteiger partial charge on any atom is 0.443 e. The van der Waals surface area contributed by atoms with Gasteiger partial charge in [-0.2, -0.15) is 0 Å². The van der Waals surface area contributed by atoms with E-state index in [0.717, 1.165) is 0 Å². The molecule has 1 aromatic carbocycles. The maximum atomic E-state index is 12.9. The van der Waals surface area contributed by atoms with Crippen LogP contribution in [-0.2, 0) is 14.7 Å². The molecule has 0 spiro atoms. The molecule has 0 aliphatic heterocycles. The molecule has 7 heteroatoms. The number of carbonyl (C=O) groups is 1. The Hall–Kier alpha value is -1.60. The first-order valence-corrected chi connectivity index (χ1v) is 7.55. The third-order valence-electron chi connectivity index (χ3n) is 2.27. The number of nitrogens with zero attached hydrogens (tertiary/aromatic N) is 2. The number of carbonyl (C=O) groups excluding carboxylic acids is 1. The lowest BCUT2D eigenvalue weighted by Crippen LogP contribution is -2.27. The van der Waals surface area contributed by atoms with Gasteiger partial charge in [-0.3, -0.25) is 0 Å². The minimum absolute atomic E-state index is 0.405. The summed E-state index contributed by atoms with van der Waals surface area (Å²) in [5, 5.41) is 0. The van der Waals surface area contributed by atoms with Gasteiger partial charge in [-0.05, 0) is 45.0 Å². The van der Waals surface area contributed by atoms with Gasteiger partial charge in [-0.25, -0.2) is 13.3 Å². The lowest BCUT2D eigenvalue weighted by Gasteiger charge is -2.20. The minimum Gasteiger partial charge on any atom is -0.442 e. The lowest BCUT2D eigenvalue weighted by molar-refractivity contribution is 0.0606. The quantitative estimate of drug-likeness (QED) is 0.850. The van der Waals surface area contributed by atoms with E-state index in [1.165, 1.54) is 4.31 Å². The fourth-order valence-electron chi connectivity index (χ4n) is 1.37. The van der Waals surface area contributed by atoms with Crippen LogP contribution >= 0.6 is 0 Å². The molecule has 20 heavy (non-hydrogen) atoms. The van der Waals surface area contributed by atoms with Gasteiger partial charge in [0.2, 0.25) is 0 Å². The summed E-state index contributed by atoms with van der Waals surface area (Å²) in [5.74, 6) is 0. The highest BCUT2D eigenvalue weighted by Crippen LogP contribution is 2.19. The van der Waals surface area contributed by atoms with Crippen LogP contribution in [0.2, 0.25) is 0 Å². The largest absolute Gasteiger partial charge is 0.443 e. The number of ether oxygens (including phenoxy) is 1. The molecule has 1 amide bonds. The van der Waals surface area contributed by atoms with Crippen molar-refractivity contribution in [3.05, 3.63) is 24.3 Å². The van der Waals surface area contributed by atoms with Crippen LogP contribution in [0, 0.1) is 0 Å². The molecule has 1 rings (SSSR count). The Morgan fingerprint density at radius 3 is 2.15 bits per heavy atom. The van der Waals surface area contributed by atoms with Crippen LogP contribution < -0.4 is 5.73 Å². The zero-order valence-corrected chi connectivity index (χ0v) is 13.2. The zero-order valence-electron chi connectivity index (χ0n) is 12.4. The maximum absolute atomic E-state index is 12.9. The van der Waals surface area contributed by atoms with Crippen LogP contribution in [0.25, 0.3) is 0 Å². The molecule has 0 saturated carbocycles. The second-order valence-corrected chi connectivity index (χ2v) is 7.83. The molecule has 112 valence electrons. The summed E-state index contributed by atoms with van der Waals surface area (Å²) in [6, 6.07) is 6.41. The zero-order chi connectivity index (χ0) is 15.6. The summed E-state index contributed by atoms with van der Waals surface area (Å²) in [6.45, 7) is 5.17. The fraction of sp³-hybridized carbons (Fsp3) is 0.462. The molecular formula is C13H21N3O3S. The Morgan fingerprint density at radius 2 is 1.75 bits per heavy atom. The van der Waals surface area contributed by atoms with Crippen molar-refractivity contribution in [3.8, 4) is 0 Å². The van der Waals surface area contributed by atoms with Crippen molar-refractivity contribution in [2.24, 2.45) is 4.36 Å². The predicted octanol–water partition coefficient (Wildman–Crippen LogP) is 2.51. The monoisotopic (exact) mass is 299 g/mol. The SMILES string of the molecule is CN(C)S(=O)(=NC(=O)OC(C)(C)C)c1ccc(N)cc1. The van der Waals surface area contributed by atoms with Crippen LogP contribution in [0.1, 0.15) is 20.8 Å². The second kappa shape index (κ2) is 5.80. The van der Waals surface area contributed by atoms with Crippen molar-refractivity contribution >= 4 is 21.7 Å². The van der Waals surface area contributed by atoms with E-state index in [1.54, 1.807) is 59.1 Å². The Labute approximate surface area is 120 Å². The number of rotatable bonds is 2. The van der Waals surface area contributed by atoms with Crippen LogP contribution in [-0.4, -0.2) is 34.3 Å². The molecule has 0 aliphatic carbocycles. The fourth-order valence-corrected chi connectivity index (χ4v) is 2.79. The number of amides is 1. The highest BCUT2D eigenvalue weighted by atomic mass is 32.2.